The zero-order valence-corrected chi connectivity index (χ0v) is 18.0. The van der Waals surface area contributed by atoms with E-state index in [9.17, 15) is 17.6 Å². The number of halogens is 2. The molecule has 0 amide bonds. The maximum Gasteiger partial charge on any atom is 0.338 e. The van der Waals surface area contributed by atoms with Crippen molar-refractivity contribution in [2.75, 3.05) is 6.54 Å². The second-order valence-corrected chi connectivity index (χ2v) is 9.52. The molecule has 8 heteroatoms. The zero-order valence-electron chi connectivity index (χ0n) is 16.4. The zero-order chi connectivity index (χ0) is 22.0. The molecule has 3 aromatic rings. The van der Waals surface area contributed by atoms with Crippen molar-refractivity contribution in [2.24, 2.45) is 0 Å². The molecule has 0 unspecified atom stereocenters. The van der Waals surface area contributed by atoms with Crippen molar-refractivity contribution in [1.29, 1.82) is 0 Å². The highest BCUT2D eigenvalue weighted by atomic mass is 35.5. The van der Waals surface area contributed by atoms with Gasteiger partial charge >= 0.3 is 5.97 Å². The molecule has 1 heterocycles. The predicted molar refractivity (Wildman–Crippen MR) is 115 cm³/mol. The average molecular weight is 460 g/mol. The normalized spacial score (nSPS) is 14.1. The molecule has 3 aromatic carbocycles. The summed E-state index contributed by atoms with van der Waals surface area (Å²) in [4.78, 5) is 12.3. The Morgan fingerprint density at radius 1 is 1.03 bits per heavy atom. The first-order valence-electron chi connectivity index (χ1n) is 9.62. The third-order valence-corrected chi connectivity index (χ3v) is 7.49. The lowest BCUT2D eigenvalue weighted by Crippen LogP contribution is -2.36. The SMILES string of the molecule is O=C(OCc1ccc(F)cc1)c1ccc(Cl)c(S(=O)(=O)N2CCc3ccccc3C2)c1. The Bertz CT molecular complexity index is 1230. The van der Waals surface area contributed by atoms with Crippen LogP contribution < -0.4 is 0 Å². The van der Waals surface area contributed by atoms with E-state index in [4.69, 9.17) is 16.3 Å². The van der Waals surface area contributed by atoms with E-state index in [1.165, 1.54) is 46.8 Å². The highest BCUT2D eigenvalue weighted by Crippen LogP contribution is 2.30. The van der Waals surface area contributed by atoms with Gasteiger partial charge in [0.2, 0.25) is 10.0 Å². The molecule has 160 valence electrons. The van der Waals surface area contributed by atoms with E-state index in [0.29, 0.717) is 18.5 Å². The molecular weight excluding hydrogens is 441 g/mol. The molecule has 0 saturated carbocycles. The Balaban J connectivity index is 1.54. The molecule has 4 rings (SSSR count). The number of carbonyl (C=O) groups excluding carboxylic acids is 1. The van der Waals surface area contributed by atoms with Crippen LogP contribution in [0.4, 0.5) is 4.39 Å². The summed E-state index contributed by atoms with van der Waals surface area (Å²) in [6.07, 6.45) is 0.604. The summed E-state index contributed by atoms with van der Waals surface area (Å²) in [6.45, 7) is 0.510. The number of hydrogen-bond acceptors (Lipinski definition) is 4. The molecule has 0 fully saturated rings. The fourth-order valence-electron chi connectivity index (χ4n) is 3.45. The lowest BCUT2D eigenvalue weighted by Gasteiger charge is -2.28. The molecule has 1 aliphatic rings. The van der Waals surface area contributed by atoms with Crippen LogP contribution in [0.15, 0.2) is 71.6 Å². The quantitative estimate of drug-likeness (QED) is 0.524. The van der Waals surface area contributed by atoms with Gasteiger partial charge in [0.25, 0.3) is 0 Å². The van der Waals surface area contributed by atoms with Crippen LogP contribution in [0, 0.1) is 5.82 Å². The third-order valence-electron chi connectivity index (χ3n) is 5.16. The standard InChI is InChI=1S/C23H19ClFNO4S/c24-21-10-7-18(23(27)30-15-16-5-8-20(25)9-6-16)13-22(21)31(28,29)26-12-11-17-3-1-2-4-19(17)14-26/h1-10,13H,11-12,14-15H2. The number of esters is 1. The number of nitrogens with zero attached hydrogens (tertiary/aromatic N) is 1. The Labute approximate surface area is 185 Å². The Hall–Kier alpha value is -2.74. The van der Waals surface area contributed by atoms with Gasteiger partial charge in [-0.05, 0) is 53.4 Å². The van der Waals surface area contributed by atoms with Gasteiger partial charge in [-0.25, -0.2) is 17.6 Å². The lowest BCUT2D eigenvalue weighted by atomic mass is 10.0. The van der Waals surface area contributed by atoms with Gasteiger partial charge in [-0.15, -0.1) is 0 Å². The molecule has 31 heavy (non-hydrogen) atoms. The highest BCUT2D eigenvalue weighted by molar-refractivity contribution is 7.89. The minimum atomic E-state index is -3.91. The van der Waals surface area contributed by atoms with Gasteiger partial charge in [-0.3, -0.25) is 0 Å². The van der Waals surface area contributed by atoms with E-state index in [0.717, 1.165) is 11.1 Å². The monoisotopic (exact) mass is 459 g/mol. The predicted octanol–water partition coefficient (Wildman–Crippen LogP) is 4.58. The first kappa shape index (κ1) is 21.5. The van der Waals surface area contributed by atoms with Crippen molar-refractivity contribution in [2.45, 2.75) is 24.5 Å². The number of benzene rings is 3. The maximum absolute atomic E-state index is 13.3. The van der Waals surface area contributed by atoms with E-state index in [2.05, 4.69) is 0 Å². The number of carbonyl (C=O) groups is 1. The van der Waals surface area contributed by atoms with Crippen LogP contribution in [-0.2, 0) is 34.3 Å². The fourth-order valence-corrected chi connectivity index (χ4v) is 5.37. The minimum absolute atomic E-state index is 0.0361. The Morgan fingerprint density at radius 2 is 1.74 bits per heavy atom. The second kappa shape index (κ2) is 8.78. The average Bonchev–Trinajstić information content (AvgIpc) is 2.78. The Morgan fingerprint density at radius 3 is 2.48 bits per heavy atom. The van der Waals surface area contributed by atoms with Gasteiger partial charge in [-0.1, -0.05) is 48.0 Å². The molecule has 0 aliphatic carbocycles. The fraction of sp³-hybridized carbons (Fsp3) is 0.174. The second-order valence-electron chi connectivity index (χ2n) is 7.21. The molecule has 0 saturated heterocycles. The van der Waals surface area contributed by atoms with Gasteiger partial charge in [0, 0.05) is 13.1 Å². The minimum Gasteiger partial charge on any atom is -0.457 e. The van der Waals surface area contributed by atoms with Gasteiger partial charge in [0.05, 0.1) is 10.6 Å². The van der Waals surface area contributed by atoms with Crippen LogP contribution in [0.5, 0.6) is 0 Å². The van der Waals surface area contributed by atoms with Gasteiger partial charge < -0.3 is 4.74 Å². The molecule has 0 aromatic heterocycles. The molecule has 0 spiro atoms. The van der Waals surface area contributed by atoms with Crippen LogP contribution in [0.3, 0.4) is 0 Å². The van der Waals surface area contributed by atoms with E-state index in [-0.39, 0.29) is 34.5 Å². The van der Waals surface area contributed by atoms with Gasteiger partial charge in [-0.2, -0.15) is 4.31 Å². The van der Waals surface area contributed by atoms with E-state index >= 15 is 0 Å². The number of ether oxygens (including phenoxy) is 1. The summed E-state index contributed by atoms with van der Waals surface area (Å²) in [5.41, 5.74) is 2.76. The molecule has 0 atom stereocenters. The van der Waals surface area contributed by atoms with Crippen molar-refractivity contribution in [3.8, 4) is 0 Å². The number of rotatable bonds is 5. The first-order valence-corrected chi connectivity index (χ1v) is 11.4. The number of sulfonamides is 1. The maximum atomic E-state index is 13.3. The van der Waals surface area contributed by atoms with Crippen molar-refractivity contribution in [1.82, 2.24) is 4.31 Å². The number of hydrogen-bond donors (Lipinski definition) is 0. The largest absolute Gasteiger partial charge is 0.457 e. The molecule has 1 aliphatic heterocycles. The van der Waals surface area contributed by atoms with Crippen LogP contribution in [0.2, 0.25) is 5.02 Å². The summed E-state index contributed by atoms with van der Waals surface area (Å²) in [7, 11) is -3.91. The van der Waals surface area contributed by atoms with Crippen molar-refractivity contribution in [3.05, 3.63) is 99.8 Å². The molecular formula is C23H19ClFNO4S. The summed E-state index contributed by atoms with van der Waals surface area (Å²) >= 11 is 6.20. The highest BCUT2D eigenvalue weighted by Gasteiger charge is 2.30. The molecule has 0 N–H and O–H groups in total. The van der Waals surface area contributed by atoms with Crippen molar-refractivity contribution >= 4 is 27.6 Å². The van der Waals surface area contributed by atoms with E-state index < -0.39 is 16.0 Å². The van der Waals surface area contributed by atoms with Crippen LogP contribution in [0.25, 0.3) is 0 Å². The molecule has 5 nitrogen and oxygen atoms in total. The topological polar surface area (TPSA) is 63.7 Å². The first-order chi connectivity index (χ1) is 14.8. The number of fused-ring (bicyclic) bond motifs is 1. The summed E-state index contributed by atoms with van der Waals surface area (Å²) < 4.78 is 46.1. The van der Waals surface area contributed by atoms with Crippen LogP contribution >= 0.6 is 11.6 Å². The third kappa shape index (κ3) is 4.63. The summed E-state index contributed by atoms with van der Waals surface area (Å²) in [6, 6.07) is 17.3. The van der Waals surface area contributed by atoms with Crippen LogP contribution in [0.1, 0.15) is 27.0 Å². The molecule has 0 bridgehead atoms. The lowest BCUT2D eigenvalue weighted by molar-refractivity contribution is 0.0472. The van der Waals surface area contributed by atoms with Crippen molar-refractivity contribution in [3.63, 3.8) is 0 Å². The van der Waals surface area contributed by atoms with Crippen molar-refractivity contribution < 1.29 is 22.3 Å². The van der Waals surface area contributed by atoms with E-state index in [1.807, 2.05) is 24.3 Å². The van der Waals surface area contributed by atoms with E-state index in [1.54, 1.807) is 0 Å². The smallest absolute Gasteiger partial charge is 0.338 e. The Kier molecular flexibility index (Phi) is 6.09. The summed E-state index contributed by atoms with van der Waals surface area (Å²) in [5.74, 6) is -1.08. The molecule has 0 radical (unpaired) electrons. The summed E-state index contributed by atoms with van der Waals surface area (Å²) in [5, 5.41) is 0.0361. The van der Waals surface area contributed by atoms with Gasteiger partial charge in [0.1, 0.15) is 17.3 Å². The van der Waals surface area contributed by atoms with Gasteiger partial charge in [0.15, 0.2) is 0 Å². The van der Waals surface area contributed by atoms with Crippen LogP contribution in [-0.4, -0.2) is 25.2 Å².